The van der Waals surface area contributed by atoms with Crippen molar-refractivity contribution in [2.45, 2.75) is 13.8 Å². The molecule has 0 atom stereocenters. The second kappa shape index (κ2) is 7.95. The van der Waals surface area contributed by atoms with Crippen molar-refractivity contribution < 1.29 is 4.79 Å². The van der Waals surface area contributed by atoms with Gasteiger partial charge in [0.1, 0.15) is 5.82 Å². The van der Waals surface area contributed by atoms with Crippen LogP contribution in [0.25, 0.3) is 0 Å². The summed E-state index contributed by atoms with van der Waals surface area (Å²) in [6, 6.07) is 7.65. The molecular formula is C22H26ClN5O. The molecule has 0 aliphatic carbocycles. The molecule has 1 amide bonds. The van der Waals surface area contributed by atoms with E-state index in [4.69, 9.17) is 11.6 Å². The van der Waals surface area contributed by atoms with Crippen LogP contribution in [0.5, 0.6) is 0 Å². The van der Waals surface area contributed by atoms with Gasteiger partial charge in [0.25, 0.3) is 5.91 Å². The maximum atomic E-state index is 13.3. The first-order valence-corrected chi connectivity index (χ1v) is 10.2. The van der Waals surface area contributed by atoms with Gasteiger partial charge in [-0.2, -0.15) is 0 Å². The van der Waals surface area contributed by atoms with Gasteiger partial charge in [0.05, 0.1) is 17.9 Å². The number of aromatic nitrogens is 1. The lowest BCUT2D eigenvalue weighted by atomic mass is 10.1. The number of halogens is 1. The van der Waals surface area contributed by atoms with E-state index in [1.165, 1.54) is 5.56 Å². The van der Waals surface area contributed by atoms with Crippen molar-refractivity contribution in [1.29, 1.82) is 0 Å². The lowest BCUT2D eigenvalue weighted by molar-refractivity contribution is 0.0747. The highest BCUT2D eigenvalue weighted by atomic mass is 35.5. The third-order valence-electron chi connectivity index (χ3n) is 5.43. The molecule has 0 bridgehead atoms. The van der Waals surface area contributed by atoms with Gasteiger partial charge in [-0.05, 0) is 43.2 Å². The molecule has 0 spiro atoms. The first-order chi connectivity index (χ1) is 13.9. The van der Waals surface area contributed by atoms with Gasteiger partial charge < -0.3 is 19.6 Å². The molecule has 4 rings (SSSR count). The Labute approximate surface area is 177 Å². The number of nitrogens with zero attached hydrogens (tertiary/aromatic N) is 5. The van der Waals surface area contributed by atoms with Crippen LogP contribution in [0.4, 0.5) is 11.5 Å². The van der Waals surface area contributed by atoms with Crippen LogP contribution in [0, 0.1) is 13.8 Å². The third-order valence-corrected chi connectivity index (χ3v) is 5.67. The van der Waals surface area contributed by atoms with Crippen LogP contribution in [0.3, 0.4) is 0 Å². The Bertz CT molecular complexity index is 952. The van der Waals surface area contributed by atoms with Crippen molar-refractivity contribution in [2.75, 3.05) is 49.7 Å². The molecule has 1 aromatic carbocycles. The number of aryl methyl sites for hydroxylation is 2. The third kappa shape index (κ3) is 4.03. The van der Waals surface area contributed by atoms with Crippen molar-refractivity contribution in [3.8, 4) is 0 Å². The highest BCUT2D eigenvalue weighted by molar-refractivity contribution is 6.31. The van der Waals surface area contributed by atoms with Crippen LogP contribution in [0.2, 0.25) is 5.02 Å². The maximum Gasteiger partial charge on any atom is 0.256 e. The molecule has 1 aromatic heterocycles. The van der Waals surface area contributed by atoms with Crippen molar-refractivity contribution in [3.63, 3.8) is 0 Å². The summed E-state index contributed by atoms with van der Waals surface area (Å²) >= 11 is 6.23. The largest absolute Gasteiger partial charge is 0.361 e. The predicted octanol–water partition coefficient (Wildman–Crippen LogP) is 3.49. The summed E-state index contributed by atoms with van der Waals surface area (Å²) in [4.78, 5) is 26.2. The van der Waals surface area contributed by atoms with Crippen LogP contribution in [0.1, 0.15) is 21.5 Å². The summed E-state index contributed by atoms with van der Waals surface area (Å²) in [6.07, 6.45) is 5.87. The Morgan fingerprint density at radius 2 is 1.83 bits per heavy atom. The van der Waals surface area contributed by atoms with E-state index < -0.39 is 0 Å². The van der Waals surface area contributed by atoms with Gasteiger partial charge in [0, 0.05) is 56.8 Å². The molecular weight excluding hydrogens is 386 g/mol. The highest BCUT2D eigenvalue weighted by Crippen LogP contribution is 2.29. The molecule has 2 aromatic rings. The average molecular weight is 412 g/mol. The summed E-state index contributed by atoms with van der Waals surface area (Å²) < 4.78 is 0. The quantitative estimate of drug-likeness (QED) is 0.773. The van der Waals surface area contributed by atoms with Gasteiger partial charge in [-0.25, -0.2) is 4.98 Å². The zero-order chi connectivity index (χ0) is 20.5. The number of pyridine rings is 1. The van der Waals surface area contributed by atoms with Gasteiger partial charge in [-0.3, -0.25) is 4.79 Å². The zero-order valence-electron chi connectivity index (χ0n) is 17.1. The fourth-order valence-electron chi connectivity index (χ4n) is 3.94. The molecule has 1 fully saturated rings. The van der Waals surface area contributed by atoms with Crippen molar-refractivity contribution >= 4 is 29.0 Å². The number of carbonyl (C=O) groups excluding carboxylic acids is 1. The minimum absolute atomic E-state index is 0.0489. The fraction of sp³-hybridized carbons (Fsp3) is 0.364. The number of rotatable bonds is 3. The molecule has 6 nitrogen and oxygen atoms in total. The van der Waals surface area contributed by atoms with E-state index in [1.54, 1.807) is 6.07 Å². The second-order valence-electron chi connectivity index (χ2n) is 7.76. The number of hydrogen-bond donors (Lipinski definition) is 0. The molecule has 29 heavy (non-hydrogen) atoms. The highest BCUT2D eigenvalue weighted by Gasteiger charge is 2.27. The molecule has 3 heterocycles. The number of amides is 1. The molecule has 152 valence electrons. The van der Waals surface area contributed by atoms with Crippen molar-refractivity contribution in [3.05, 3.63) is 64.6 Å². The smallest absolute Gasteiger partial charge is 0.256 e. The van der Waals surface area contributed by atoms with E-state index in [0.29, 0.717) is 30.3 Å². The van der Waals surface area contributed by atoms with E-state index in [1.807, 2.05) is 42.7 Å². The SMILES string of the molecule is Cc1cnc(N2CCN(C(=O)c3ccc(Cl)cc3N3C=CN(C)C3)CC2)c(C)c1. The molecule has 1 saturated heterocycles. The predicted molar refractivity (Wildman–Crippen MR) is 118 cm³/mol. The van der Waals surface area contributed by atoms with Crippen molar-refractivity contribution in [1.82, 2.24) is 14.8 Å². The topological polar surface area (TPSA) is 42.9 Å². The van der Waals surface area contributed by atoms with Gasteiger partial charge in [0.15, 0.2) is 0 Å². The fourth-order valence-corrected chi connectivity index (χ4v) is 4.11. The number of hydrogen-bond acceptors (Lipinski definition) is 5. The van der Waals surface area contributed by atoms with E-state index in [0.717, 1.165) is 30.2 Å². The Hall–Kier alpha value is -2.73. The van der Waals surface area contributed by atoms with Crippen LogP contribution in [-0.4, -0.2) is 60.6 Å². The van der Waals surface area contributed by atoms with Crippen LogP contribution in [0.15, 0.2) is 42.9 Å². The van der Waals surface area contributed by atoms with E-state index in [9.17, 15) is 4.79 Å². The van der Waals surface area contributed by atoms with E-state index in [-0.39, 0.29) is 5.91 Å². The second-order valence-corrected chi connectivity index (χ2v) is 8.20. The molecule has 0 unspecified atom stereocenters. The van der Waals surface area contributed by atoms with Gasteiger partial charge in [-0.15, -0.1) is 0 Å². The summed E-state index contributed by atoms with van der Waals surface area (Å²) in [6.45, 7) is 7.74. The minimum Gasteiger partial charge on any atom is -0.361 e. The Balaban J connectivity index is 1.50. The standard InChI is InChI=1S/C22H26ClN5O/c1-16-12-17(2)21(24-14-16)26-8-10-27(11-9-26)22(29)19-5-4-18(23)13-20(19)28-7-6-25(3)15-28/h4-7,12-14H,8-11,15H2,1-3H3. The Kier molecular flexibility index (Phi) is 5.37. The number of benzene rings is 1. The van der Waals surface area contributed by atoms with E-state index in [2.05, 4.69) is 39.6 Å². The van der Waals surface area contributed by atoms with Crippen LogP contribution in [-0.2, 0) is 0 Å². The number of carbonyl (C=O) groups is 1. The molecule has 7 heteroatoms. The first kappa shape index (κ1) is 19.6. The maximum absolute atomic E-state index is 13.3. The monoisotopic (exact) mass is 411 g/mol. The summed E-state index contributed by atoms with van der Waals surface area (Å²) in [5.41, 5.74) is 3.88. The van der Waals surface area contributed by atoms with Gasteiger partial charge >= 0.3 is 0 Å². The van der Waals surface area contributed by atoms with Gasteiger partial charge in [-0.1, -0.05) is 17.7 Å². The lowest BCUT2D eigenvalue weighted by Gasteiger charge is -2.36. The summed E-state index contributed by atoms with van der Waals surface area (Å²) in [5, 5.41) is 0.630. The van der Waals surface area contributed by atoms with Crippen LogP contribution >= 0.6 is 11.6 Å². The molecule has 0 radical (unpaired) electrons. The Morgan fingerprint density at radius 3 is 2.48 bits per heavy atom. The van der Waals surface area contributed by atoms with Crippen molar-refractivity contribution in [2.24, 2.45) is 0 Å². The molecule has 0 N–H and O–H groups in total. The molecule has 0 saturated carbocycles. The normalized spacial score (nSPS) is 16.7. The molecule has 2 aliphatic heterocycles. The van der Waals surface area contributed by atoms with Crippen LogP contribution < -0.4 is 9.80 Å². The lowest BCUT2D eigenvalue weighted by Crippen LogP contribution is -2.49. The minimum atomic E-state index is 0.0489. The first-order valence-electron chi connectivity index (χ1n) is 9.84. The number of anilines is 2. The van der Waals surface area contributed by atoms with E-state index >= 15 is 0 Å². The Morgan fingerprint density at radius 1 is 1.07 bits per heavy atom. The zero-order valence-corrected chi connectivity index (χ0v) is 17.9. The molecule has 2 aliphatic rings. The van der Waals surface area contributed by atoms with Gasteiger partial charge in [0.2, 0.25) is 0 Å². The number of piperazine rings is 1. The summed E-state index contributed by atoms with van der Waals surface area (Å²) in [7, 11) is 2.00. The average Bonchev–Trinajstić information content (AvgIpc) is 3.14. The summed E-state index contributed by atoms with van der Waals surface area (Å²) in [5.74, 6) is 1.06.